The lowest BCUT2D eigenvalue weighted by molar-refractivity contribution is -0.150. The van der Waals surface area contributed by atoms with Crippen LogP contribution in [0.1, 0.15) is 30.4 Å². The number of carbonyl (C=O) groups excluding carboxylic acids is 2. The summed E-state index contributed by atoms with van der Waals surface area (Å²) in [5, 5.41) is 0. The SMILES string of the molecule is O=C(CCc1ccccc1)OC1C=CC(OC(=O)CCc2ccccc2)C1. The highest BCUT2D eigenvalue weighted by Gasteiger charge is 2.24. The number of hydrogen-bond acceptors (Lipinski definition) is 4. The minimum Gasteiger partial charge on any atom is -0.458 e. The normalized spacial score (nSPS) is 18.2. The molecule has 0 aromatic heterocycles. The molecule has 3 rings (SSSR count). The molecule has 4 nitrogen and oxygen atoms in total. The molecule has 1 aliphatic carbocycles. The van der Waals surface area contributed by atoms with E-state index in [1.165, 1.54) is 0 Å². The van der Waals surface area contributed by atoms with Crippen molar-refractivity contribution in [3.8, 4) is 0 Å². The van der Waals surface area contributed by atoms with Crippen molar-refractivity contribution in [2.75, 3.05) is 0 Å². The van der Waals surface area contributed by atoms with Crippen LogP contribution in [0, 0.1) is 0 Å². The third kappa shape index (κ3) is 6.41. The van der Waals surface area contributed by atoms with E-state index in [0.717, 1.165) is 11.1 Å². The van der Waals surface area contributed by atoms with Gasteiger partial charge in [0.2, 0.25) is 0 Å². The summed E-state index contributed by atoms with van der Waals surface area (Å²) in [6.45, 7) is 0. The molecule has 0 bridgehead atoms. The summed E-state index contributed by atoms with van der Waals surface area (Å²) in [6, 6.07) is 19.7. The van der Waals surface area contributed by atoms with Gasteiger partial charge in [0.1, 0.15) is 12.2 Å². The predicted octanol–water partition coefficient (Wildman–Crippen LogP) is 4.04. The van der Waals surface area contributed by atoms with Gasteiger partial charge >= 0.3 is 11.9 Å². The Labute approximate surface area is 159 Å². The zero-order valence-electron chi connectivity index (χ0n) is 15.3. The third-order valence-corrected chi connectivity index (χ3v) is 4.49. The zero-order chi connectivity index (χ0) is 18.9. The number of ether oxygens (including phenoxy) is 2. The standard InChI is InChI=1S/C23H24O4/c24-22(15-11-18-7-3-1-4-8-18)26-20-13-14-21(17-20)27-23(25)16-12-19-9-5-2-6-10-19/h1-10,13-14,20-21H,11-12,15-17H2. The molecule has 2 aromatic carbocycles. The van der Waals surface area contributed by atoms with Gasteiger partial charge < -0.3 is 9.47 Å². The maximum absolute atomic E-state index is 12.0. The first-order chi connectivity index (χ1) is 13.2. The van der Waals surface area contributed by atoms with E-state index in [1.807, 2.05) is 60.7 Å². The van der Waals surface area contributed by atoms with E-state index in [0.29, 0.717) is 32.1 Å². The number of hydrogen-bond donors (Lipinski definition) is 0. The molecule has 4 heteroatoms. The van der Waals surface area contributed by atoms with E-state index in [9.17, 15) is 9.59 Å². The van der Waals surface area contributed by atoms with Crippen LogP contribution in [0.15, 0.2) is 72.8 Å². The summed E-state index contributed by atoms with van der Waals surface area (Å²) in [5.41, 5.74) is 2.23. The van der Waals surface area contributed by atoms with Crippen molar-refractivity contribution in [3.63, 3.8) is 0 Å². The van der Waals surface area contributed by atoms with Gasteiger partial charge in [0.15, 0.2) is 0 Å². The molecule has 0 radical (unpaired) electrons. The number of rotatable bonds is 8. The second-order valence-corrected chi connectivity index (χ2v) is 6.65. The molecule has 0 N–H and O–H groups in total. The Morgan fingerprint density at radius 3 is 1.52 bits per heavy atom. The molecule has 1 aliphatic rings. The van der Waals surface area contributed by atoms with Gasteiger partial charge in [-0.05, 0) is 36.1 Å². The van der Waals surface area contributed by atoms with Gasteiger partial charge in [-0.2, -0.15) is 0 Å². The van der Waals surface area contributed by atoms with Gasteiger partial charge in [-0.25, -0.2) is 0 Å². The maximum Gasteiger partial charge on any atom is 0.306 e. The topological polar surface area (TPSA) is 52.6 Å². The molecule has 0 aliphatic heterocycles. The van der Waals surface area contributed by atoms with Crippen molar-refractivity contribution >= 4 is 11.9 Å². The summed E-state index contributed by atoms with van der Waals surface area (Å²) < 4.78 is 10.9. The molecule has 0 amide bonds. The Bertz CT molecular complexity index is 702. The zero-order valence-corrected chi connectivity index (χ0v) is 15.3. The summed E-state index contributed by atoms with van der Waals surface area (Å²) in [6.07, 6.45) is 5.47. The van der Waals surface area contributed by atoms with E-state index in [2.05, 4.69) is 0 Å². The third-order valence-electron chi connectivity index (χ3n) is 4.49. The van der Waals surface area contributed by atoms with Gasteiger partial charge in [0.25, 0.3) is 0 Å². The maximum atomic E-state index is 12.0. The van der Waals surface area contributed by atoms with E-state index in [-0.39, 0.29) is 24.1 Å². The van der Waals surface area contributed by atoms with Crippen LogP contribution in [-0.4, -0.2) is 24.1 Å². The van der Waals surface area contributed by atoms with E-state index < -0.39 is 0 Å². The van der Waals surface area contributed by atoms with Crippen LogP contribution >= 0.6 is 0 Å². The second kappa shape index (κ2) is 9.72. The van der Waals surface area contributed by atoms with Gasteiger partial charge in [0.05, 0.1) is 0 Å². The molecule has 0 heterocycles. The summed E-state index contributed by atoms with van der Waals surface area (Å²) >= 11 is 0. The first-order valence-electron chi connectivity index (χ1n) is 9.34. The van der Waals surface area contributed by atoms with Gasteiger partial charge in [-0.1, -0.05) is 60.7 Å². The van der Waals surface area contributed by atoms with E-state index >= 15 is 0 Å². The highest BCUT2D eigenvalue weighted by atomic mass is 16.6. The first kappa shape index (κ1) is 18.9. The molecule has 0 spiro atoms. The van der Waals surface area contributed by atoms with Crippen LogP contribution < -0.4 is 0 Å². The van der Waals surface area contributed by atoms with Crippen LogP contribution in [0.25, 0.3) is 0 Å². The van der Waals surface area contributed by atoms with Crippen molar-refractivity contribution in [2.45, 2.75) is 44.3 Å². The Morgan fingerprint density at radius 1 is 0.704 bits per heavy atom. The minimum atomic E-state index is -0.319. The quantitative estimate of drug-likeness (QED) is 0.524. The molecule has 140 valence electrons. The van der Waals surface area contributed by atoms with E-state index in [1.54, 1.807) is 12.2 Å². The average Bonchev–Trinajstić information content (AvgIpc) is 3.13. The fraction of sp³-hybridized carbons (Fsp3) is 0.304. The van der Waals surface area contributed by atoms with Crippen molar-refractivity contribution in [1.82, 2.24) is 0 Å². The van der Waals surface area contributed by atoms with Crippen molar-refractivity contribution < 1.29 is 19.1 Å². The van der Waals surface area contributed by atoms with Crippen LogP contribution in [0.2, 0.25) is 0 Å². The fourth-order valence-electron chi connectivity index (χ4n) is 3.05. The molecule has 2 atom stereocenters. The Hall–Kier alpha value is -2.88. The summed E-state index contributed by atoms with van der Waals surface area (Å²) in [7, 11) is 0. The van der Waals surface area contributed by atoms with Crippen molar-refractivity contribution in [1.29, 1.82) is 0 Å². The minimum absolute atomic E-state index is 0.232. The second-order valence-electron chi connectivity index (χ2n) is 6.65. The van der Waals surface area contributed by atoms with Gasteiger partial charge in [0, 0.05) is 19.3 Å². The molecule has 0 saturated heterocycles. The van der Waals surface area contributed by atoms with Crippen LogP contribution in [0.5, 0.6) is 0 Å². The van der Waals surface area contributed by atoms with Crippen LogP contribution in [-0.2, 0) is 31.9 Å². The Morgan fingerprint density at radius 2 is 1.11 bits per heavy atom. The van der Waals surface area contributed by atoms with Crippen LogP contribution in [0.3, 0.4) is 0 Å². The molecule has 0 saturated carbocycles. The average molecular weight is 364 g/mol. The summed E-state index contributed by atoms with van der Waals surface area (Å²) in [5.74, 6) is -0.464. The number of carbonyl (C=O) groups is 2. The molecular formula is C23H24O4. The lowest BCUT2D eigenvalue weighted by atomic mass is 10.1. The van der Waals surface area contributed by atoms with E-state index in [4.69, 9.17) is 9.47 Å². The Balaban J connectivity index is 1.34. The molecule has 2 aromatic rings. The molecule has 27 heavy (non-hydrogen) atoms. The first-order valence-corrected chi connectivity index (χ1v) is 9.34. The highest BCUT2D eigenvalue weighted by molar-refractivity contribution is 5.71. The summed E-state index contributed by atoms with van der Waals surface area (Å²) in [4.78, 5) is 24.0. The number of aryl methyl sites for hydroxylation is 2. The van der Waals surface area contributed by atoms with Crippen LogP contribution in [0.4, 0.5) is 0 Å². The number of benzene rings is 2. The lowest BCUT2D eigenvalue weighted by Crippen LogP contribution is -2.20. The largest absolute Gasteiger partial charge is 0.458 e. The van der Waals surface area contributed by atoms with Gasteiger partial charge in [-0.3, -0.25) is 9.59 Å². The highest BCUT2D eigenvalue weighted by Crippen LogP contribution is 2.19. The lowest BCUT2D eigenvalue weighted by Gasteiger charge is -2.14. The van der Waals surface area contributed by atoms with Crippen molar-refractivity contribution in [3.05, 3.63) is 83.9 Å². The Kier molecular flexibility index (Phi) is 6.80. The molecule has 2 unspecified atom stereocenters. The predicted molar refractivity (Wildman–Crippen MR) is 103 cm³/mol. The number of esters is 2. The van der Waals surface area contributed by atoms with Crippen molar-refractivity contribution in [2.24, 2.45) is 0 Å². The molecule has 0 fully saturated rings. The molecular weight excluding hydrogens is 340 g/mol. The van der Waals surface area contributed by atoms with Gasteiger partial charge in [-0.15, -0.1) is 0 Å². The fourth-order valence-corrected chi connectivity index (χ4v) is 3.05. The monoisotopic (exact) mass is 364 g/mol. The smallest absolute Gasteiger partial charge is 0.306 e.